The maximum Gasteiger partial charge on any atom is 0.250 e. The Bertz CT molecular complexity index is 613. The summed E-state index contributed by atoms with van der Waals surface area (Å²) in [6.07, 6.45) is 11.0. The van der Waals surface area contributed by atoms with E-state index in [0.29, 0.717) is 19.3 Å². The van der Waals surface area contributed by atoms with Gasteiger partial charge in [-0.05, 0) is 31.1 Å². The predicted molar refractivity (Wildman–Crippen MR) is 86.0 cm³/mol. The number of benzene rings is 1. The third-order valence-electron chi connectivity index (χ3n) is 4.39. The van der Waals surface area contributed by atoms with E-state index in [1.165, 1.54) is 0 Å². The minimum atomic E-state index is -0.755. The number of rotatable bonds is 3. The molecule has 0 aromatic heterocycles. The van der Waals surface area contributed by atoms with Crippen LogP contribution in [-0.4, -0.2) is 22.3 Å². The molecule has 0 atom stereocenters. The zero-order valence-corrected chi connectivity index (χ0v) is 12.5. The summed E-state index contributed by atoms with van der Waals surface area (Å²) >= 11 is 0. The van der Waals surface area contributed by atoms with Gasteiger partial charge in [-0.15, -0.1) is 0 Å². The van der Waals surface area contributed by atoms with Gasteiger partial charge in [0.25, 0.3) is 5.91 Å². The van der Waals surface area contributed by atoms with E-state index in [1.54, 1.807) is 11.1 Å². The quantitative estimate of drug-likeness (QED) is 0.931. The first-order valence-corrected chi connectivity index (χ1v) is 7.74. The van der Waals surface area contributed by atoms with Crippen LogP contribution in [-0.2, 0) is 9.59 Å². The van der Waals surface area contributed by atoms with Gasteiger partial charge in [0.05, 0.1) is 0 Å². The fourth-order valence-corrected chi connectivity index (χ4v) is 3.25. The lowest BCUT2D eigenvalue weighted by molar-refractivity contribution is -0.140. The average Bonchev–Trinajstić information content (AvgIpc) is 2.93. The summed E-state index contributed by atoms with van der Waals surface area (Å²) in [5.74, 6) is -0.105. The summed E-state index contributed by atoms with van der Waals surface area (Å²) in [5, 5.41) is 2.98. The number of anilines is 1. The van der Waals surface area contributed by atoms with E-state index in [-0.39, 0.29) is 11.8 Å². The molecule has 1 fully saturated rings. The van der Waals surface area contributed by atoms with Crippen molar-refractivity contribution >= 4 is 17.5 Å². The van der Waals surface area contributed by atoms with Crippen LogP contribution in [0, 0.1) is 0 Å². The third kappa shape index (κ3) is 2.69. The first-order chi connectivity index (χ1) is 10.7. The average molecular weight is 296 g/mol. The van der Waals surface area contributed by atoms with Crippen LogP contribution in [0.5, 0.6) is 0 Å². The van der Waals surface area contributed by atoms with Crippen molar-refractivity contribution in [3.05, 3.63) is 54.8 Å². The molecule has 1 aromatic carbocycles. The van der Waals surface area contributed by atoms with E-state index in [0.717, 1.165) is 18.5 Å². The molecular formula is C18H20N2O2. The molecule has 4 nitrogen and oxygen atoms in total. The number of hydrogen-bond acceptors (Lipinski definition) is 2. The standard InChI is InChI=1S/C18H20N2O2/c21-16-11-5-2-8-14-20(16)18(12-6-7-13-18)17(22)19-15-9-3-1-4-10-15/h1-5,8-10,14H,6-7,11-13H2,(H,19,22). The van der Waals surface area contributed by atoms with Gasteiger partial charge in [-0.25, -0.2) is 0 Å². The summed E-state index contributed by atoms with van der Waals surface area (Å²) in [4.78, 5) is 27.0. The fourth-order valence-electron chi connectivity index (χ4n) is 3.25. The van der Waals surface area contributed by atoms with Crippen LogP contribution in [0.2, 0.25) is 0 Å². The molecule has 4 heteroatoms. The van der Waals surface area contributed by atoms with Crippen molar-refractivity contribution in [3.63, 3.8) is 0 Å². The van der Waals surface area contributed by atoms with Gasteiger partial charge in [0, 0.05) is 18.3 Å². The molecule has 1 aliphatic carbocycles. The third-order valence-corrected chi connectivity index (χ3v) is 4.39. The summed E-state index contributed by atoms with van der Waals surface area (Å²) < 4.78 is 0. The number of nitrogens with zero attached hydrogens (tertiary/aromatic N) is 1. The van der Waals surface area contributed by atoms with E-state index in [9.17, 15) is 9.59 Å². The monoisotopic (exact) mass is 296 g/mol. The molecule has 1 heterocycles. The summed E-state index contributed by atoms with van der Waals surface area (Å²) in [6.45, 7) is 0. The maximum atomic E-state index is 12.9. The minimum Gasteiger partial charge on any atom is -0.324 e. The minimum absolute atomic E-state index is 0.0184. The molecule has 22 heavy (non-hydrogen) atoms. The molecule has 1 aromatic rings. The van der Waals surface area contributed by atoms with Crippen molar-refractivity contribution in [1.29, 1.82) is 0 Å². The van der Waals surface area contributed by atoms with Crippen LogP contribution in [0.1, 0.15) is 32.1 Å². The molecular weight excluding hydrogens is 276 g/mol. The lowest BCUT2D eigenvalue weighted by Crippen LogP contribution is -2.55. The molecule has 0 radical (unpaired) electrons. The molecule has 1 aliphatic heterocycles. The van der Waals surface area contributed by atoms with E-state index in [4.69, 9.17) is 0 Å². The van der Waals surface area contributed by atoms with Gasteiger partial charge >= 0.3 is 0 Å². The Labute approximate surface area is 130 Å². The van der Waals surface area contributed by atoms with Gasteiger partial charge in [-0.3, -0.25) is 9.59 Å². The molecule has 1 N–H and O–H groups in total. The van der Waals surface area contributed by atoms with Crippen molar-refractivity contribution in [2.75, 3.05) is 5.32 Å². The van der Waals surface area contributed by atoms with Crippen LogP contribution in [0.15, 0.2) is 54.8 Å². The highest BCUT2D eigenvalue weighted by Crippen LogP contribution is 2.37. The number of nitrogens with one attached hydrogen (secondary N) is 1. The Morgan fingerprint density at radius 1 is 1.09 bits per heavy atom. The summed E-state index contributed by atoms with van der Waals surface area (Å²) in [7, 11) is 0. The van der Waals surface area contributed by atoms with Crippen molar-refractivity contribution in [2.45, 2.75) is 37.6 Å². The van der Waals surface area contributed by atoms with E-state index >= 15 is 0 Å². The number of amides is 2. The Morgan fingerprint density at radius 2 is 1.82 bits per heavy atom. The molecule has 1 saturated carbocycles. The van der Waals surface area contributed by atoms with Gasteiger partial charge in [0.15, 0.2) is 0 Å². The topological polar surface area (TPSA) is 49.4 Å². The van der Waals surface area contributed by atoms with Gasteiger partial charge in [-0.2, -0.15) is 0 Å². The second kappa shape index (κ2) is 6.18. The SMILES string of the molecule is O=C1CC=CC=CN1C1(C(=O)Nc2ccccc2)CCCC1. The predicted octanol–water partition coefficient (Wildman–Crippen LogP) is 3.24. The number of hydrogen-bond donors (Lipinski definition) is 1. The second-order valence-corrected chi connectivity index (χ2v) is 5.80. The van der Waals surface area contributed by atoms with E-state index in [1.807, 2.05) is 48.6 Å². The molecule has 0 spiro atoms. The van der Waals surface area contributed by atoms with Crippen LogP contribution in [0.3, 0.4) is 0 Å². The fraction of sp³-hybridized carbons (Fsp3) is 0.333. The normalized spacial score (nSPS) is 20.0. The molecule has 2 aliphatic rings. The Morgan fingerprint density at radius 3 is 2.55 bits per heavy atom. The van der Waals surface area contributed by atoms with E-state index in [2.05, 4.69) is 5.32 Å². The summed E-state index contributed by atoms with van der Waals surface area (Å²) in [6, 6.07) is 9.41. The zero-order chi connectivity index (χ0) is 15.4. The molecule has 2 amide bonds. The molecule has 114 valence electrons. The van der Waals surface area contributed by atoms with Crippen LogP contribution in [0.25, 0.3) is 0 Å². The first-order valence-electron chi connectivity index (χ1n) is 7.74. The van der Waals surface area contributed by atoms with Crippen molar-refractivity contribution in [1.82, 2.24) is 4.90 Å². The number of allylic oxidation sites excluding steroid dienone is 2. The number of carbonyl (C=O) groups excluding carboxylic acids is 2. The largest absolute Gasteiger partial charge is 0.324 e. The smallest absolute Gasteiger partial charge is 0.250 e. The van der Waals surface area contributed by atoms with E-state index < -0.39 is 5.54 Å². The maximum absolute atomic E-state index is 12.9. The van der Waals surface area contributed by atoms with Crippen molar-refractivity contribution < 1.29 is 9.59 Å². The molecule has 0 unspecified atom stereocenters. The Hall–Kier alpha value is -2.36. The lowest BCUT2D eigenvalue weighted by Gasteiger charge is -2.37. The zero-order valence-electron chi connectivity index (χ0n) is 12.5. The Kier molecular flexibility index (Phi) is 4.09. The van der Waals surface area contributed by atoms with Gasteiger partial charge in [0.1, 0.15) is 5.54 Å². The highest BCUT2D eigenvalue weighted by Gasteiger charge is 2.47. The van der Waals surface area contributed by atoms with Crippen LogP contribution in [0.4, 0.5) is 5.69 Å². The first kappa shape index (κ1) is 14.6. The number of carbonyl (C=O) groups is 2. The molecule has 0 saturated heterocycles. The highest BCUT2D eigenvalue weighted by atomic mass is 16.2. The molecule has 0 bridgehead atoms. The second-order valence-electron chi connectivity index (χ2n) is 5.80. The van der Waals surface area contributed by atoms with Crippen molar-refractivity contribution in [2.24, 2.45) is 0 Å². The summed E-state index contributed by atoms with van der Waals surface area (Å²) in [5.41, 5.74) is 0.0123. The lowest BCUT2D eigenvalue weighted by atomic mass is 9.93. The highest BCUT2D eigenvalue weighted by molar-refractivity contribution is 6.01. The Balaban J connectivity index is 1.88. The van der Waals surface area contributed by atoms with Gasteiger partial charge in [-0.1, -0.05) is 43.2 Å². The molecule has 3 rings (SSSR count). The van der Waals surface area contributed by atoms with Crippen molar-refractivity contribution in [3.8, 4) is 0 Å². The van der Waals surface area contributed by atoms with Crippen LogP contribution >= 0.6 is 0 Å². The van der Waals surface area contributed by atoms with Gasteiger partial charge in [0.2, 0.25) is 5.91 Å². The number of para-hydroxylation sites is 1. The van der Waals surface area contributed by atoms with Crippen LogP contribution < -0.4 is 5.32 Å². The van der Waals surface area contributed by atoms with Gasteiger partial charge < -0.3 is 10.2 Å².